The van der Waals surface area contributed by atoms with Gasteiger partial charge >= 0.3 is 12.1 Å². The van der Waals surface area contributed by atoms with Gasteiger partial charge in [-0.3, -0.25) is 4.79 Å². The maximum absolute atomic E-state index is 12.8. The van der Waals surface area contributed by atoms with Crippen LogP contribution in [0.2, 0.25) is 0 Å². The minimum absolute atomic E-state index is 0.0312. The molecule has 3 fully saturated rings. The van der Waals surface area contributed by atoms with Gasteiger partial charge in [0.1, 0.15) is 6.10 Å². The monoisotopic (exact) mass is 566 g/mol. The van der Waals surface area contributed by atoms with E-state index in [9.17, 15) is 19.8 Å². The molecule has 0 bridgehead atoms. The highest BCUT2D eigenvalue weighted by molar-refractivity contribution is 5.68. The molecule has 0 aromatic rings. The van der Waals surface area contributed by atoms with E-state index >= 15 is 0 Å². The van der Waals surface area contributed by atoms with E-state index in [0.717, 1.165) is 25.1 Å². The number of nitrogens with zero attached hydrogens (tertiary/aromatic N) is 1. The predicted molar refractivity (Wildman–Crippen MR) is 151 cm³/mol. The third-order valence-electron chi connectivity index (χ3n) is 8.59. The lowest BCUT2D eigenvalue weighted by Gasteiger charge is -2.41. The summed E-state index contributed by atoms with van der Waals surface area (Å²) in [5.74, 6) is -0.737. The maximum atomic E-state index is 12.8. The lowest BCUT2D eigenvalue weighted by atomic mass is 9.85. The molecule has 40 heavy (non-hydrogen) atoms. The Hall–Kier alpha value is -1.98. The standard InChI is InChI=1S/C30H50N2O8/c1-18(17-30(6)28(40-30)21(4)27(37-7)22(5)33)9-8-10-19(2)26-20(3)24(15-23(38-26)16-25(34)35)39-29(36)32-13-11-31-12-14-32/h8-10,18,20-24,26-28,31,33H,11-17H2,1-7H3,(H,34,35)/b9-8+,19-10+/t18?,20-,21+,22+,23+,24+,26+,27+,28+,30+/m0/s1. The molecule has 0 aromatic carbocycles. The van der Waals surface area contributed by atoms with Crippen LogP contribution in [0.5, 0.6) is 0 Å². The first-order valence-electron chi connectivity index (χ1n) is 14.6. The second kappa shape index (κ2) is 14.3. The molecule has 10 nitrogen and oxygen atoms in total. The Morgan fingerprint density at radius 1 is 1.23 bits per heavy atom. The number of aliphatic carboxylic acids is 1. The highest BCUT2D eigenvalue weighted by Crippen LogP contribution is 2.47. The number of piperazine rings is 1. The summed E-state index contributed by atoms with van der Waals surface area (Å²) in [6.07, 6.45) is 4.72. The molecule has 3 heterocycles. The summed E-state index contributed by atoms with van der Waals surface area (Å²) >= 11 is 0. The Bertz CT molecular complexity index is 917. The van der Waals surface area contributed by atoms with Crippen molar-refractivity contribution in [1.82, 2.24) is 10.2 Å². The number of nitrogens with one attached hydrogen (secondary N) is 1. The van der Waals surface area contributed by atoms with E-state index in [1.54, 1.807) is 18.9 Å². The van der Waals surface area contributed by atoms with E-state index in [1.165, 1.54) is 0 Å². The molecular weight excluding hydrogens is 516 g/mol. The van der Waals surface area contributed by atoms with E-state index in [2.05, 4.69) is 32.2 Å². The number of ether oxygens (including phenoxy) is 4. The van der Waals surface area contributed by atoms with Gasteiger partial charge in [0.05, 0.1) is 42.5 Å². The minimum Gasteiger partial charge on any atom is -0.481 e. The largest absolute Gasteiger partial charge is 0.481 e. The van der Waals surface area contributed by atoms with Crippen LogP contribution in [-0.2, 0) is 23.7 Å². The van der Waals surface area contributed by atoms with Crippen LogP contribution in [0.4, 0.5) is 4.79 Å². The minimum atomic E-state index is -0.936. The third kappa shape index (κ3) is 8.52. The average molecular weight is 567 g/mol. The fourth-order valence-electron chi connectivity index (χ4n) is 6.42. The molecule has 3 N–H and O–H groups in total. The second-order valence-electron chi connectivity index (χ2n) is 12.2. The molecule has 1 unspecified atom stereocenters. The highest BCUT2D eigenvalue weighted by Gasteiger charge is 2.56. The number of epoxide rings is 1. The van der Waals surface area contributed by atoms with Crippen molar-refractivity contribution >= 4 is 12.1 Å². The van der Waals surface area contributed by atoms with Crippen LogP contribution in [0.25, 0.3) is 0 Å². The molecule has 10 atom stereocenters. The average Bonchev–Trinajstić information content (AvgIpc) is 3.56. The van der Waals surface area contributed by atoms with Crippen LogP contribution < -0.4 is 5.32 Å². The Morgan fingerprint density at radius 3 is 2.50 bits per heavy atom. The Balaban J connectivity index is 1.61. The van der Waals surface area contributed by atoms with Crippen molar-refractivity contribution in [3.63, 3.8) is 0 Å². The molecule has 1 amide bonds. The summed E-state index contributed by atoms with van der Waals surface area (Å²) in [5, 5.41) is 22.6. The van der Waals surface area contributed by atoms with Gasteiger partial charge in [-0.15, -0.1) is 0 Å². The van der Waals surface area contributed by atoms with Crippen molar-refractivity contribution in [2.24, 2.45) is 17.8 Å². The number of carbonyl (C=O) groups excluding carboxylic acids is 1. The fourth-order valence-corrected chi connectivity index (χ4v) is 6.42. The predicted octanol–water partition coefficient (Wildman–Crippen LogP) is 3.38. The molecule has 0 aromatic heterocycles. The maximum Gasteiger partial charge on any atom is 0.410 e. The number of carboxylic acid groups (broad SMARTS) is 1. The quantitative estimate of drug-likeness (QED) is 0.240. The summed E-state index contributed by atoms with van der Waals surface area (Å²) < 4.78 is 23.7. The third-order valence-corrected chi connectivity index (χ3v) is 8.59. The number of rotatable bonds is 12. The van der Waals surface area contributed by atoms with Gasteiger partial charge in [-0.1, -0.05) is 39.0 Å². The number of aliphatic hydroxyl groups excluding tert-OH is 1. The van der Waals surface area contributed by atoms with Gasteiger partial charge in [-0.25, -0.2) is 4.79 Å². The van der Waals surface area contributed by atoms with Gasteiger partial charge in [-0.2, -0.15) is 0 Å². The Labute approximate surface area is 239 Å². The molecule has 3 aliphatic rings. The van der Waals surface area contributed by atoms with Crippen LogP contribution in [0.3, 0.4) is 0 Å². The lowest BCUT2D eigenvalue weighted by Crippen LogP contribution is -2.50. The number of hydrogen-bond acceptors (Lipinski definition) is 8. The Kier molecular flexibility index (Phi) is 11.6. The van der Waals surface area contributed by atoms with Gasteiger partial charge in [0.25, 0.3) is 0 Å². The zero-order chi connectivity index (χ0) is 29.6. The molecule has 0 saturated carbocycles. The van der Waals surface area contributed by atoms with Crippen LogP contribution in [0.1, 0.15) is 60.8 Å². The molecular formula is C30H50N2O8. The topological polar surface area (TPSA) is 130 Å². The zero-order valence-electron chi connectivity index (χ0n) is 25.2. The van der Waals surface area contributed by atoms with Crippen molar-refractivity contribution in [2.45, 2.75) is 103 Å². The number of carboxylic acids is 1. The van der Waals surface area contributed by atoms with Crippen molar-refractivity contribution < 1.29 is 38.7 Å². The van der Waals surface area contributed by atoms with Crippen LogP contribution in [0, 0.1) is 17.8 Å². The highest BCUT2D eigenvalue weighted by atomic mass is 16.6. The van der Waals surface area contributed by atoms with Gasteiger partial charge in [0.15, 0.2) is 0 Å². The molecule has 0 spiro atoms. The number of methoxy groups -OCH3 is 1. The molecule has 3 aliphatic heterocycles. The first-order valence-corrected chi connectivity index (χ1v) is 14.6. The van der Waals surface area contributed by atoms with Crippen molar-refractivity contribution in [2.75, 3.05) is 33.3 Å². The first kappa shape index (κ1) is 32.5. The summed E-state index contributed by atoms with van der Waals surface area (Å²) in [6.45, 7) is 14.7. The molecule has 3 rings (SSSR count). The normalized spacial score (nSPS) is 34.2. The fraction of sp³-hybridized carbons (Fsp3) is 0.800. The smallest absolute Gasteiger partial charge is 0.410 e. The van der Waals surface area contributed by atoms with E-state index in [1.807, 2.05) is 26.0 Å². The molecule has 3 saturated heterocycles. The zero-order valence-corrected chi connectivity index (χ0v) is 25.2. The number of aliphatic hydroxyl groups is 1. The number of hydrogen-bond donors (Lipinski definition) is 3. The second-order valence-corrected chi connectivity index (χ2v) is 12.2. The van der Waals surface area contributed by atoms with E-state index in [-0.39, 0.29) is 54.2 Å². The van der Waals surface area contributed by atoms with Gasteiger partial charge in [-0.05, 0) is 38.7 Å². The molecule has 0 aliphatic carbocycles. The molecule has 228 valence electrons. The number of carbonyl (C=O) groups is 2. The lowest BCUT2D eigenvalue weighted by molar-refractivity contribution is -0.151. The summed E-state index contributed by atoms with van der Waals surface area (Å²) in [7, 11) is 1.62. The molecule has 10 heteroatoms. The summed E-state index contributed by atoms with van der Waals surface area (Å²) in [5.41, 5.74) is 0.690. The number of amides is 1. The van der Waals surface area contributed by atoms with Crippen LogP contribution in [-0.4, -0.2) is 103 Å². The van der Waals surface area contributed by atoms with Crippen molar-refractivity contribution in [3.05, 3.63) is 23.8 Å². The SMILES string of the molecule is CO[C@H]([C@@H](C)[C@H]1O[C@]1(C)CC(C)/C=C/C=C(\C)[C@H]1O[C@@H](CC(=O)O)C[C@@H](OC(=O)N2CCNCC2)[C@@H]1C)[C@@H](C)O. The number of allylic oxidation sites excluding steroid dienone is 3. The van der Waals surface area contributed by atoms with Crippen LogP contribution in [0.15, 0.2) is 23.8 Å². The van der Waals surface area contributed by atoms with Crippen molar-refractivity contribution in [1.29, 1.82) is 0 Å². The van der Waals surface area contributed by atoms with E-state index in [0.29, 0.717) is 19.5 Å². The summed E-state index contributed by atoms with van der Waals surface area (Å²) in [6, 6.07) is 0. The van der Waals surface area contributed by atoms with E-state index < -0.39 is 24.3 Å². The first-order chi connectivity index (χ1) is 18.9. The van der Waals surface area contributed by atoms with Gasteiger partial charge in [0.2, 0.25) is 0 Å². The van der Waals surface area contributed by atoms with Crippen molar-refractivity contribution in [3.8, 4) is 0 Å². The van der Waals surface area contributed by atoms with Gasteiger partial charge in [0, 0.05) is 51.5 Å². The van der Waals surface area contributed by atoms with E-state index in [4.69, 9.17) is 18.9 Å². The molecule has 0 radical (unpaired) electrons. The Morgan fingerprint density at radius 2 is 1.90 bits per heavy atom. The van der Waals surface area contributed by atoms with Gasteiger partial charge < -0.3 is 39.4 Å². The van der Waals surface area contributed by atoms with Crippen LogP contribution >= 0.6 is 0 Å². The summed E-state index contributed by atoms with van der Waals surface area (Å²) in [4.78, 5) is 26.0.